The van der Waals surface area contributed by atoms with Crippen LogP contribution in [0.1, 0.15) is 12.5 Å². The lowest BCUT2D eigenvalue weighted by Crippen LogP contribution is -2.28. The van der Waals surface area contributed by atoms with Gasteiger partial charge in [0.25, 0.3) is 5.17 Å². The fourth-order valence-electron chi connectivity index (χ4n) is 1.55. The van der Waals surface area contributed by atoms with E-state index >= 15 is 0 Å². The van der Waals surface area contributed by atoms with Gasteiger partial charge in [-0.15, -0.1) is 0 Å². The van der Waals surface area contributed by atoms with Crippen LogP contribution in [0.15, 0.2) is 24.3 Å². The summed E-state index contributed by atoms with van der Waals surface area (Å²) in [7, 11) is 3.61. The highest BCUT2D eigenvalue weighted by Crippen LogP contribution is 2.19. The zero-order chi connectivity index (χ0) is 14.4. The number of Topliss-reactive ketones (excluding diaryl/α,β-unsaturated/α-hetero) is 1. The van der Waals surface area contributed by atoms with Crippen LogP contribution in [0.2, 0.25) is 5.02 Å². The third kappa shape index (κ3) is 5.17. The van der Waals surface area contributed by atoms with Gasteiger partial charge in [0, 0.05) is 19.1 Å². The van der Waals surface area contributed by atoms with Gasteiger partial charge in [-0.3, -0.25) is 4.79 Å². The first-order valence-electron chi connectivity index (χ1n) is 5.99. The molecule has 0 aliphatic rings. The number of ether oxygens (including phenoxy) is 1. The van der Waals surface area contributed by atoms with Crippen molar-refractivity contribution in [2.75, 3.05) is 20.7 Å². The van der Waals surface area contributed by atoms with E-state index in [9.17, 15) is 4.79 Å². The molecular weight excluding hydrogens is 282 g/mol. The Morgan fingerprint density at radius 2 is 2.05 bits per heavy atom. The summed E-state index contributed by atoms with van der Waals surface area (Å²) in [4.78, 5) is 13.4. The van der Waals surface area contributed by atoms with Crippen molar-refractivity contribution in [3.05, 3.63) is 34.9 Å². The molecule has 0 saturated heterocycles. The average molecular weight is 300 g/mol. The van der Waals surface area contributed by atoms with Gasteiger partial charge in [0.2, 0.25) is 0 Å². The third-order valence-electron chi connectivity index (χ3n) is 2.77. The van der Waals surface area contributed by atoms with Gasteiger partial charge in [-0.2, -0.15) is 0 Å². The van der Waals surface area contributed by atoms with Gasteiger partial charge < -0.3 is 9.64 Å². The molecule has 1 unspecified atom stereocenters. The third-order valence-corrected chi connectivity index (χ3v) is 3.62. The smallest absolute Gasteiger partial charge is 0.258 e. The van der Waals surface area contributed by atoms with Crippen molar-refractivity contribution >= 4 is 34.8 Å². The van der Waals surface area contributed by atoms with Crippen molar-refractivity contribution in [3.8, 4) is 0 Å². The van der Waals surface area contributed by atoms with E-state index < -0.39 is 0 Å². The molecule has 0 heterocycles. The molecule has 0 amide bonds. The molecule has 19 heavy (non-hydrogen) atoms. The number of carbonyl (C=O) groups is 1. The number of ketones is 1. The summed E-state index contributed by atoms with van der Waals surface area (Å²) in [6.45, 7) is 1.83. The molecule has 0 fully saturated rings. The predicted molar refractivity (Wildman–Crippen MR) is 81.6 cm³/mol. The Balaban J connectivity index is 2.67. The Hall–Kier alpha value is -1.13. The van der Waals surface area contributed by atoms with Crippen molar-refractivity contribution in [1.29, 1.82) is 0 Å². The largest absolute Gasteiger partial charge is 0.470 e. The maximum absolute atomic E-state index is 11.7. The van der Waals surface area contributed by atoms with Crippen molar-refractivity contribution in [3.63, 3.8) is 0 Å². The number of nitrogens with zero attached hydrogens (tertiary/aromatic N) is 1. The molecule has 5 heteroatoms. The van der Waals surface area contributed by atoms with E-state index in [1.807, 2.05) is 24.3 Å². The standard InChI is InChI=1S/C14H18ClNO2S/c1-10(17)12(9-18-14(19)16(2)3)8-11-6-4-5-7-13(11)15/h4-7,12H,8-9H2,1-3H3. The van der Waals surface area contributed by atoms with Gasteiger partial charge in [0.05, 0.1) is 5.92 Å². The first kappa shape index (κ1) is 15.9. The van der Waals surface area contributed by atoms with Gasteiger partial charge in [0.1, 0.15) is 12.4 Å². The lowest BCUT2D eigenvalue weighted by atomic mass is 9.97. The van der Waals surface area contributed by atoms with Gasteiger partial charge in [-0.1, -0.05) is 29.8 Å². The molecule has 104 valence electrons. The minimum Gasteiger partial charge on any atom is -0.470 e. The Morgan fingerprint density at radius 3 is 2.58 bits per heavy atom. The van der Waals surface area contributed by atoms with Crippen molar-refractivity contribution in [2.24, 2.45) is 5.92 Å². The van der Waals surface area contributed by atoms with Gasteiger partial charge in [-0.05, 0) is 37.2 Å². The summed E-state index contributed by atoms with van der Waals surface area (Å²) < 4.78 is 5.43. The Labute approximate surface area is 124 Å². The van der Waals surface area contributed by atoms with Crippen LogP contribution in [0.4, 0.5) is 0 Å². The monoisotopic (exact) mass is 299 g/mol. The van der Waals surface area contributed by atoms with Crippen LogP contribution in [0.5, 0.6) is 0 Å². The molecule has 0 aliphatic carbocycles. The van der Waals surface area contributed by atoms with Gasteiger partial charge >= 0.3 is 0 Å². The van der Waals surface area contributed by atoms with E-state index in [-0.39, 0.29) is 18.3 Å². The molecule has 0 saturated carbocycles. The second-order valence-corrected chi connectivity index (χ2v) is 5.33. The number of halogens is 1. The molecule has 0 bridgehead atoms. The van der Waals surface area contributed by atoms with Crippen molar-refractivity contribution in [1.82, 2.24) is 4.90 Å². The zero-order valence-electron chi connectivity index (χ0n) is 11.4. The van der Waals surface area contributed by atoms with Crippen LogP contribution in [0.3, 0.4) is 0 Å². The molecule has 0 radical (unpaired) electrons. The molecule has 0 aromatic heterocycles. The van der Waals surface area contributed by atoms with Crippen LogP contribution < -0.4 is 0 Å². The molecule has 3 nitrogen and oxygen atoms in total. The minimum absolute atomic E-state index is 0.0708. The summed E-state index contributed by atoms with van der Waals surface area (Å²) in [5.41, 5.74) is 0.948. The molecule has 1 aromatic rings. The van der Waals surface area contributed by atoms with Gasteiger partial charge in [-0.25, -0.2) is 0 Å². The first-order chi connectivity index (χ1) is 8.91. The molecule has 0 spiro atoms. The highest BCUT2D eigenvalue weighted by molar-refractivity contribution is 7.80. The number of thiocarbonyl (C=S) groups is 1. The van der Waals surface area contributed by atoms with Crippen LogP contribution in [-0.2, 0) is 16.0 Å². The maximum Gasteiger partial charge on any atom is 0.258 e. The summed E-state index contributed by atoms with van der Waals surface area (Å²) >= 11 is 11.1. The van der Waals surface area contributed by atoms with Crippen LogP contribution in [-0.4, -0.2) is 36.6 Å². The fraction of sp³-hybridized carbons (Fsp3) is 0.429. The Bertz CT molecular complexity index is 463. The van der Waals surface area contributed by atoms with Crippen molar-refractivity contribution < 1.29 is 9.53 Å². The number of benzene rings is 1. The van der Waals surface area contributed by atoms with E-state index in [1.54, 1.807) is 25.9 Å². The van der Waals surface area contributed by atoms with E-state index in [0.717, 1.165) is 5.56 Å². The number of hydrogen-bond donors (Lipinski definition) is 0. The van der Waals surface area contributed by atoms with E-state index in [2.05, 4.69) is 0 Å². The quantitative estimate of drug-likeness (QED) is 0.782. The highest BCUT2D eigenvalue weighted by atomic mass is 35.5. The normalized spacial score (nSPS) is 11.8. The molecule has 1 aromatic carbocycles. The summed E-state index contributed by atoms with van der Waals surface area (Å²) in [6, 6.07) is 7.51. The van der Waals surface area contributed by atoms with Crippen LogP contribution in [0, 0.1) is 5.92 Å². The topological polar surface area (TPSA) is 29.5 Å². The number of carbonyl (C=O) groups excluding carboxylic acids is 1. The van der Waals surface area contributed by atoms with Gasteiger partial charge in [0.15, 0.2) is 0 Å². The molecule has 0 N–H and O–H groups in total. The average Bonchev–Trinajstić information content (AvgIpc) is 2.35. The van der Waals surface area contributed by atoms with Crippen LogP contribution >= 0.6 is 23.8 Å². The van der Waals surface area contributed by atoms with Crippen molar-refractivity contribution in [2.45, 2.75) is 13.3 Å². The fourth-order valence-corrected chi connectivity index (χ4v) is 1.83. The SMILES string of the molecule is CC(=O)C(COC(=S)N(C)C)Cc1ccccc1Cl. The second kappa shape index (κ2) is 7.46. The molecule has 0 aliphatic heterocycles. The summed E-state index contributed by atoms with van der Waals surface area (Å²) in [5, 5.41) is 1.05. The molecule has 1 atom stereocenters. The maximum atomic E-state index is 11.7. The minimum atomic E-state index is -0.238. The molecule has 1 rings (SSSR count). The summed E-state index contributed by atoms with van der Waals surface area (Å²) in [5.74, 6) is -0.167. The number of hydrogen-bond acceptors (Lipinski definition) is 3. The lowest BCUT2D eigenvalue weighted by molar-refractivity contribution is -0.121. The van der Waals surface area contributed by atoms with E-state index in [0.29, 0.717) is 16.6 Å². The Kier molecular flexibility index (Phi) is 6.25. The second-order valence-electron chi connectivity index (χ2n) is 4.57. The first-order valence-corrected chi connectivity index (χ1v) is 6.78. The van der Waals surface area contributed by atoms with E-state index in [1.165, 1.54) is 0 Å². The van der Waals surface area contributed by atoms with E-state index in [4.69, 9.17) is 28.6 Å². The lowest BCUT2D eigenvalue weighted by Gasteiger charge is -2.19. The predicted octanol–water partition coefficient (Wildman–Crippen LogP) is 2.95. The highest BCUT2D eigenvalue weighted by Gasteiger charge is 2.18. The summed E-state index contributed by atoms with van der Waals surface area (Å²) in [6.07, 6.45) is 0.561. The zero-order valence-corrected chi connectivity index (χ0v) is 12.9. The number of rotatable bonds is 5. The Morgan fingerprint density at radius 1 is 1.42 bits per heavy atom. The van der Waals surface area contributed by atoms with Crippen LogP contribution in [0.25, 0.3) is 0 Å². The molecular formula is C14H18ClNO2S.